The van der Waals surface area contributed by atoms with Gasteiger partial charge in [-0.25, -0.2) is 4.39 Å². The Morgan fingerprint density at radius 1 is 0.786 bits per heavy atom. The average molecular weight is 224 g/mol. The maximum Gasteiger partial charge on any atom is 0.431 e. The van der Waals surface area contributed by atoms with Crippen molar-refractivity contribution in [3.63, 3.8) is 0 Å². The van der Waals surface area contributed by atoms with E-state index >= 15 is 0 Å². The monoisotopic (exact) mass is 224 g/mol. The zero-order valence-electron chi connectivity index (χ0n) is 6.84. The lowest BCUT2D eigenvalue weighted by molar-refractivity contribution is -0.344. The van der Waals surface area contributed by atoms with Gasteiger partial charge in [0.15, 0.2) is 0 Å². The van der Waals surface area contributed by atoms with Crippen molar-refractivity contribution in [1.82, 2.24) is 0 Å². The van der Waals surface area contributed by atoms with Crippen molar-refractivity contribution in [2.24, 2.45) is 5.92 Å². The van der Waals surface area contributed by atoms with E-state index in [1.54, 1.807) is 0 Å². The molecule has 1 aliphatic rings. The molecule has 0 heterocycles. The molecule has 0 nitrogen and oxygen atoms in total. The van der Waals surface area contributed by atoms with Crippen LogP contribution < -0.4 is 0 Å². The maximum atomic E-state index is 12.8. The molecule has 14 heavy (non-hydrogen) atoms. The minimum Gasteiger partial charge on any atom is -0.224 e. The molecule has 1 saturated carbocycles. The van der Waals surface area contributed by atoms with Crippen LogP contribution in [0.1, 0.15) is 19.3 Å². The quantitative estimate of drug-likeness (QED) is 0.628. The van der Waals surface area contributed by atoms with Gasteiger partial charge in [0.25, 0.3) is 5.67 Å². The standard InChI is InChI=1S/C7H7F7/c8-5(6(9,10)11,7(12,13)14)3-4-1-2-4/h4H,1-3H2. The molecule has 84 valence electrons. The van der Waals surface area contributed by atoms with Crippen molar-refractivity contribution in [3.05, 3.63) is 0 Å². The van der Waals surface area contributed by atoms with Gasteiger partial charge in [-0.15, -0.1) is 0 Å². The van der Waals surface area contributed by atoms with E-state index in [1.165, 1.54) is 0 Å². The second-order valence-corrected chi connectivity index (χ2v) is 3.44. The Bertz CT molecular complexity index is 195. The third-order valence-electron chi connectivity index (χ3n) is 2.17. The van der Waals surface area contributed by atoms with Crippen molar-refractivity contribution in [3.8, 4) is 0 Å². The topological polar surface area (TPSA) is 0 Å². The first-order chi connectivity index (χ1) is 6.08. The molecule has 0 spiro atoms. The molecule has 0 aromatic heterocycles. The van der Waals surface area contributed by atoms with Gasteiger partial charge in [-0.3, -0.25) is 0 Å². The molecule has 1 rings (SSSR count). The van der Waals surface area contributed by atoms with Crippen LogP contribution in [0.5, 0.6) is 0 Å². The van der Waals surface area contributed by atoms with Crippen LogP contribution in [0, 0.1) is 5.92 Å². The Morgan fingerprint density at radius 2 is 1.14 bits per heavy atom. The van der Waals surface area contributed by atoms with E-state index in [0.717, 1.165) is 0 Å². The van der Waals surface area contributed by atoms with Gasteiger partial charge in [-0.2, -0.15) is 26.3 Å². The third-order valence-corrected chi connectivity index (χ3v) is 2.17. The summed E-state index contributed by atoms with van der Waals surface area (Å²) in [7, 11) is 0. The SMILES string of the molecule is FC(F)(F)C(F)(CC1CC1)C(F)(F)F. The highest BCUT2D eigenvalue weighted by atomic mass is 19.4. The van der Waals surface area contributed by atoms with E-state index in [2.05, 4.69) is 0 Å². The Hall–Kier alpha value is -0.490. The molecule has 1 fully saturated rings. The predicted octanol–water partition coefficient (Wildman–Crippen LogP) is 3.62. The lowest BCUT2D eigenvalue weighted by Gasteiger charge is -2.29. The first-order valence-corrected chi connectivity index (χ1v) is 3.90. The summed E-state index contributed by atoms with van der Waals surface area (Å²) >= 11 is 0. The maximum absolute atomic E-state index is 12.8. The van der Waals surface area contributed by atoms with E-state index in [-0.39, 0.29) is 12.8 Å². The van der Waals surface area contributed by atoms with Crippen molar-refractivity contribution < 1.29 is 30.7 Å². The zero-order valence-corrected chi connectivity index (χ0v) is 6.84. The normalized spacial score (nSPS) is 19.9. The smallest absolute Gasteiger partial charge is 0.224 e. The summed E-state index contributed by atoms with van der Waals surface area (Å²) in [5.41, 5.74) is -5.04. The molecule has 0 aromatic rings. The van der Waals surface area contributed by atoms with E-state index in [1.807, 2.05) is 0 Å². The zero-order chi connectivity index (χ0) is 11.2. The summed E-state index contributed by atoms with van der Waals surface area (Å²) in [5, 5.41) is 0. The number of hydrogen-bond acceptors (Lipinski definition) is 0. The highest BCUT2D eigenvalue weighted by Gasteiger charge is 2.72. The van der Waals surface area contributed by atoms with Crippen molar-refractivity contribution >= 4 is 0 Å². The van der Waals surface area contributed by atoms with Gasteiger partial charge in [-0.1, -0.05) is 12.8 Å². The molecule has 0 amide bonds. The molecular formula is C7H7F7. The highest BCUT2D eigenvalue weighted by Crippen LogP contribution is 2.53. The summed E-state index contributed by atoms with van der Waals surface area (Å²) in [5.74, 6) is -0.789. The van der Waals surface area contributed by atoms with Gasteiger partial charge in [0.1, 0.15) is 0 Å². The lowest BCUT2D eigenvalue weighted by Crippen LogP contribution is -2.53. The molecule has 0 radical (unpaired) electrons. The molecule has 7 heteroatoms. The molecule has 0 unspecified atom stereocenters. The van der Waals surface area contributed by atoms with Crippen LogP contribution in [0.2, 0.25) is 0 Å². The van der Waals surface area contributed by atoms with Crippen LogP contribution in [-0.4, -0.2) is 18.0 Å². The molecule has 0 saturated heterocycles. The minimum atomic E-state index is -5.88. The molecule has 0 bridgehead atoms. The first-order valence-electron chi connectivity index (χ1n) is 3.90. The van der Waals surface area contributed by atoms with Crippen LogP contribution >= 0.6 is 0 Å². The number of rotatable bonds is 2. The summed E-state index contributed by atoms with van der Waals surface area (Å²) in [6.07, 6.45) is -12.8. The molecule has 0 atom stereocenters. The van der Waals surface area contributed by atoms with Gasteiger partial charge in [-0.05, 0) is 5.92 Å². The fourth-order valence-electron chi connectivity index (χ4n) is 1.11. The summed E-state index contributed by atoms with van der Waals surface area (Å²) in [6.45, 7) is 0. The van der Waals surface area contributed by atoms with E-state index in [4.69, 9.17) is 0 Å². The Labute approximate surface area is 75.1 Å². The van der Waals surface area contributed by atoms with Gasteiger partial charge in [0, 0.05) is 6.42 Å². The fourth-order valence-corrected chi connectivity index (χ4v) is 1.11. The molecule has 0 aliphatic heterocycles. The van der Waals surface area contributed by atoms with Crippen molar-refractivity contribution in [2.45, 2.75) is 37.3 Å². The largest absolute Gasteiger partial charge is 0.431 e. The van der Waals surface area contributed by atoms with Crippen LogP contribution in [0.25, 0.3) is 0 Å². The number of alkyl halides is 7. The molecule has 1 aliphatic carbocycles. The van der Waals surface area contributed by atoms with Crippen LogP contribution in [0.15, 0.2) is 0 Å². The number of hydrogen-bond donors (Lipinski definition) is 0. The lowest BCUT2D eigenvalue weighted by atomic mass is 9.97. The van der Waals surface area contributed by atoms with Gasteiger partial charge in [0.05, 0.1) is 0 Å². The second-order valence-electron chi connectivity index (χ2n) is 3.44. The third kappa shape index (κ3) is 1.95. The average Bonchev–Trinajstić information content (AvgIpc) is 2.65. The second kappa shape index (κ2) is 3.00. The van der Waals surface area contributed by atoms with Gasteiger partial charge in [0.2, 0.25) is 0 Å². The van der Waals surface area contributed by atoms with Crippen LogP contribution in [0.4, 0.5) is 30.7 Å². The molecule has 0 aromatic carbocycles. The van der Waals surface area contributed by atoms with Crippen LogP contribution in [-0.2, 0) is 0 Å². The van der Waals surface area contributed by atoms with E-state index < -0.39 is 30.4 Å². The van der Waals surface area contributed by atoms with Crippen molar-refractivity contribution in [2.75, 3.05) is 0 Å². The Morgan fingerprint density at radius 3 is 1.36 bits per heavy atom. The van der Waals surface area contributed by atoms with E-state index in [9.17, 15) is 30.7 Å². The Balaban J connectivity index is 2.88. The van der Waals surface area contributed by atoms with E-state index in [0.29, 0.717) is 0 Å². The predicted molar refractivity (Wildman–Crippen MR) is 33.3 cm³/mol. The van der Waals surface area contributed by atoms with Gasteiger partial charge < -0.3 is 0 Å². The number of halogens is 7. The first kappa shape index (κ1) is 11.6. The highest BCUT2D eigenvalue weighted by molar-refractivity contribution is 4.98. The molecule has 0 N–H and O–H groups in total. The fraction of sp³-hybridized carbons (Fsp3) is 1.00. The summed E-state index contributed by atoms with van der Waals surface area (Å²) in [4.78, 5) is 0. The Kier molecular flexibility index (Phi) is 2.48. The molecular weight excluding hydrogens is 217 g/mol. The minimum absolute atomic E-state index is 0.234. The van der Waals surface area contributed by atoms with Gasteiger partial charge >= 0.3 is 12.4 Å². The van der Waals surface area contributed by atoms with Crippen molar-refractivity contribution in [1.29, 1.82) is 0 Å². The van der Waals surface area contributed by atoms with Crippen LogP contribution in [0.3, 0.4) is 0 Å². The summed E-state index contributed by atoms with van der Waals surface area (Å²) < 4.78 is 84.2. The summed E-state index contributed by atoms with van der Waals surface area (Å²) in [6, 6.07) is 0.